The molecule has 0 aromatic carbocycles. The Morgan fingerprint density at radius 3 is 1.25 bits per heavy atom. The van der Waals surface area contributed by atoms with Crippen LogP contribution in [0.5, 0.6) is 0 Å². The van der Waals surface area contributed by atoms with Gasteiger partial charge in [-0.15, -0.1) is 0 Å². The van der Waals surface area contributed by atoms with E-state index in [0.29, 0.717) is 0 Å². The number of hydrogen-bond donors (Lipinski definition) is 0. The van der Waals surface area contributed by atoms with Crippen molar-refractivity contribution in [2.24, 2.45) is 0 Å². The molecule has 0 saturated carbocycles. The molecule has 0 bridgehead atoms. The third-order valence-electron chi connectivity index (χ3n) is 0. The summed E-state index contributed by atoms with van der Waals surface area (Å²) in [6.45, 7) is 0. The molecule has 0 fully saturated rings. The summed E-state index contributed by atoms with van der Waals surface area (Å²) in [6.07, 6.45) is 0. The van der Waals surface area contributed by atoms with Crippen LogP contribution in [0.2, 0.25) is 0 Å². The van der Waals surface area contributed by atoms with Crippen molar-refractivity contribution >= 4 is 10.1 Å². The maximum atomic E-state index is 8.06. The summed E-state index contributed by atoms with van der Waals surface area (Å²) in [5.74, 6) is 0. The molecule has 0 N–H and O–H groups in total. The normalized spacial score (nSPS) is 1.00. The summed E-state index contributed by atoms with van der Waals surface area (Å²) in [6, 6.07) is 0. The quantitative estimate of drug-likeness (QED) is 0.545. The molecular weight excluding hydrogens is 276 g/mol. The summed E-state index contributed by atoms with van der Waals surface area (Å²) < 4.78 is 8.06. The van der Waals surface area contributed by atoms with Crippen molar-refractivity contribution in [1.29, 1.82) is 0 Å². The van der Waals surface area contributed by atoms with Gasteiger partial charge in [0.15, 0.2) is 0 Å². The van der Waals surface area contributed by atoms with Gasteiger partial charge in [0.2, 0.25) is 0 Å². The average molecular weight is 276 g/mol. The Bertz CT molecular complexity index is 8.00. The van der Waals surface area contributed by atoms with E-state index in [0.717, 1.165) is 0 Å². The molecule has 0 atom stereocenters. The molecule has 0 unspecified atom stereocenters. The van der Waals surface area contributed by atoms with Crippen molar-refractivity contribution < 1.29 is 47.2 Å². The molecule has 4 heteroatoms. The topological polar surface area (TPSA) is 17.1 Å². The first-order valence-corrected chi connectivity index (χ1v) is 0.612. The Labute approximate surface area is 57.2 Å². The summed E-state index contributed by atoms with van der Waals surface area (Å²) in [5, 5.41) is 0. The molecule has 2 radical (unpaired) electrons. The van der Waals surface area contributed by atoms with Crippen LogP contribution >= 0.6 is 0 Å². The van der Waals surface area contributed by atoms with Crippen LogP contribution < -0.4 is 0 Å². The van der Waals surface area contributed by atoms with Crippen LogP contribution in [0.25, 0.3) is 0 Å². The minimum atomic E-state index is 0. The van der Waals surface area contributed by atoms with Gasteiger partial charge in [-0.3, -0.25) is 0 Å². The van der Waals surface area contributed by atoms with Crippen molar-refractivity contribution in [2.75, 3.05) is 0 Å². The van der Waals surface area contributed by atoms with E-state index in [-0.39, 0.29) is 42.8 Å². The molecule has 0 aliphatic carbocycles. The van der Waals surface area contributed by atoms with Gasteiger partial charge in [0, 0.05) is 42.8 Å². The van der Waals surface area contributed by atoms with E-state index in [4.69, 9.17) is 4.46 Å². The van der Waals surface area contributed by atoms with Crippen LogP contribution in [0.3, 0.4) is 0 Å². The zero-order valence-corrected chi connectivity index (χ0v) is 7.31. The van der Waals surface area contributed by atoms with Crippen LogP contribution in [-0.2, 0) is 47.2 Å². The maximum Gasteiger partial charge on any atom is 0.381 e. The zero-order chi connectivity index (χ0) is 2.00. The van der Waals surface area contributed by atoms with Crippen LogP contribution in [0.15, 0.2) is 0 Å². The predicted octanol–water partition coefficient (Wildman–Crippen LogP) is -0.505. The van der Waals surface area contributed by atoms with Gasteiger partial charge in [0.05, 0.1) is 0 Å². The molecule has 20 valence electrons. The fourth-order valence-corrected chi connectivity index (χ4v) is 0. The molecule has 4 heavy (non-hydrogen) atoms. The van der Waals surface area contributed by atoms with Gasteiger partial charge in [0.1, 0.15) is 0 Å². The summed E-state index contributed by atoms with van der Waals surface area (Å²) in [4.78, 5) is 0. The molecular formula is OSiTiW. The largest absolute Gasteiger partial charge is 0.381 e. The molecule has 1 nitrogen and oxygen atoms in total. The molecule has 0 aromatic heterocycles. The first-order valence-electron chi connectivity index (χ1n) is 0.204. The van der Waals surface area contributed by atoms with E-state index >= 15 is 0 Å². The van der Waals surface area contributed by atoms with Crippen LogP contribution in [0.4, 0.5) is 0 Å². The smallest absolute Gasteiger partial charge is 0.381 e. The Hall–Kier alpha value is 1.42. The van der Waals surface area contributed by atoms with E-state index in [1.807, 2.05) is 0 Å². The molecule has 0 aliphatic heterocycles. The van der Waals surface area contributed by atoms with Gasteiger partial charge >= 0.3 is 10.1 Å². The van der Waals surface area contributed by atoms with Crippen molar-refractivity contribution in [2.45, 2.75) is 0 Å². The molecule has 0 heterocycles. The van der Waals surface area contributed by atoms with Crippen molar-refractivity contribution in [3.05, 3.63) is 0 Å². The maximum absolute atomic E-state index is 8.06. The standard InChI is InChI=1S/OSi.Ti.W/c1-2;;. The van der Waals surface area contributed by atoms with Gasteiger partial charge in [-0.05, 0) is 0 Å². The Kier molecular flexibility index (Phi) is 116. The molecule has 0 saturated heterocycles. The SMILES string of the molecule is O=[Si].[Ti].[W]. The molecule has 0 aromatic rings. The summed E-state index contributed by atoms with van der Waals surface area (Å²) in [7, 11) is 1.72. The Balaban J connectivity index is -0.00000000500. The molecule has 0 spiro atoms. The fraction of sp³-hybridized carbons (Fsp3) is 0. The van der Waals surface area contributed by atoms with Crippen molar-refractivity contribution in [3.8, 4) is 0 Å². The van der Waals surface area contributed by atoms with Crippen molar-refractivity contribution in [3.63, 3.8) is 0 Å². The van der Waals surface area contributed by atoms with Crippen LogP contribution in [-0.4, -0.2) is 10.1 Å². The minimum Gasteiger partial charge on any atom is -0.381 e. The molecule has 0 amide bonds. The third-order valence-corrected chi connectivity index (χ3v) is 0. The minimum absolute atomic E-state index is 0. The van der Waals surface area contributed by atoms with E-state index in [9.17, 15) is 0 Å². The second-order valence-electron chi connectivity index (χ2n) is 0. The second-order valence-corrected chi connectivity index (χ2v) is 0. The van der Waals surface area contributed by atoms with Crippen molar-refractivity contribution in [1.82, 2.24) is 0 Å². The van der Waals surface area contributed by atoms with Gasteiger partial charge in [-0.2, -0.15) is 0 Å². The number of hydrogen-bond acceptors (Lipinski definition) is 1. The monoisotopic (exact) mass is 276 g/mol. The van der Waals surface area contributed by atoms with Crippen LogP contribution in [0, 0.1) is 0 Å². The molecule has 0 rings (SSSR count). The predicted molar refractivity (Wildman–Crippen MR) is 6.44 cm³/mol. The summed E-state index contributed by atoms with van der Waals surface area (Å²) in [5.41, 5.74) is 0. The fourth-order valence-electron chi connectivity index (χ4n) is 0. The van der Waals surface area contributed by atoms with E-state index in [2.05, 4.69) is 0 Å². The molecule has 0 aliphatic rings. The van der Waals surface area contributed by atoms with E-state index in [1.54, 1.807) is 10.1 Å². The van der Waals surface area contributed by atoms with Gasteiger partial charge in [-0.25, -0.2) is 0 Å². The zero-order valence-electron chi connectivity index (χ0n) is 1.82. The summed E-state index contributed by atoms with van der Waals surface area (Å²) >= 11 is 0. The van der Waals surface area contributed by atoms with Gasteiger partial charge in [0.25, 0.3) is 0 Å². The first kappa shape index (κ1) is 18.1. The van der Waals surface area contributed by atoms with Crippen LogP contribution in [0.1, 0.15) is 0 Å². The third kappa shape index (κ3) is 9.93. The van der Waals surface area contributed by atoms with E-state index < -0.39 is 0 Å². The van der Waals surface area contributed by atoms with Gasteiger partial charge in [-0.1, -0.05) is 0 Å². The second kappa shape index (κ2) is 25.6. The van der Waals surface area contributed by atoms with Gasteiger partial charge < -0.3 is 4.46 Å². The number of rotatable bonds is 0. The average Bonchev–Trinajstić information content (AvgIpc) is 1.00. The first-order chi connectivity index (χ1) is 1.00. The Morgan fingerprint density at radius 2 is 1.25 bits per heavy atom. The van der Waals surface area contributed by atoms with E-state index in [1.165, 1.54) is 0 Å². The Morgan fingerprint density at radius 1 is 1.25 bits per heavy atom.